The van der Waals surface area contributed by atoms with E-state index < -0.39 is 0 Å². The van der Waals surface area contributed by atoms with Crippen LogP contribution in [0.25, 0.3) is 10.8 Å². The van der Waals surface area contributed by atoms with Gasteiger partial charge in [-0.3, -0.25) is 0 Å². The first-order valence-electron chi connectivity index (χ1n) is 6.66. The van der Waals surface area contributed by atoms with Crippen LogP contribution in [-0.4, -0.2) is 18.1 Å². The molecule has 1 aromatic carbocycles. The number of halogens is 1. The van der Waals surface area contributed by atoms with Gasteiger partial charge in [0.25, 0.3) is 0 Å². The summed E-state index contributed by atoms with van der Waals surface area (Å²) < 4.78 is 16.4. The molecule has 2 aromatic heterocycles. The van der Waals surface area contributed by atoms with Crippen molar-refractivity contribution in [1.82, 2.24) is 4.98 Å². The number of hydrogen-bond acceptors (Lipinski definition) is 6. The number of nitrogens with zero attached hydrogens (tertiary/aromatic N) is 1. The Hall–Kier alpha value is -2.12. The summed E-state index contributed by atoms with van der Waals surface area (Å²) in [6, 6.07) is 8.73. The number of hydrogen-bond donors (Lipinski definition) is 0. The van der Waals surface area contributed by atoms with Gasteiger partial charge >= 0.3 is 5.97 Å². The Labute approximate surface area is 145 Å². The molecule has 0 unspecified atom stereocenters. The van der Waals surface area contributed by atoms with Gasteiger partial charge in [-0.1, -0.05) is 0 Å². The largest absolute Gasteiger partial charge is 0.486 e. The number of carbonyl (C=O) groups excluding carboxylic acids is 1. The molecule has 0 saturated heterocycles. The van der Waals surface area contributed by atoms with Crippen LogP contribution in [0.15, 0.2) is 50.9 Å². The number of furan rings is 1. The summed E-state index contributed by atoms with van der Waals surface area (Å²) in [4.78, 5) is 15.9. The van der Waals surface area contributed by atoms with Crippen molar-refractivity contribution in [1.29, 1.82) is 0 Å². The molecule has 0 saturated carbocycles. The summed E-state index contributed by atoms with van der Waals surface area (Å²) in [6.45, 7) is 0.327. The molecule has 0 amide bonds. The third-order valence-electron chi connectivity index (χ3n) is 3.01. The summed E-state index contributed by atoms with van der Waals surface area (Å²) in [5.74, 6) is 0.981. The highest BCUT2D eigenvalue weighted by atomic mass is 79.9. The molecule has 0 atom stereocenters. The molecule has 2 heterocycles. The van der Waals surface area contributed by atoms with Crippen molar-refractivity contribution in [2.75, 3.05) is 7.11 Å². The van der Waals surface area contributed by atoms with Crippen LogP contribution in [0.3, 0.4) is 0 Å². The van der Waals surface area contributed by atoms with E-state index in [0.29, 0.717) is 22.4 Å². The van der Waals surface area contributed by atoms with Gasteiger partial charge in [0.1, 0.15) is 12.4 Å². The zero-order valence-corrected chi connectivity index (χ0v) is 14.5. The number of aromatic nitrogens is 1. The zero-order chi connectivity index (χ0) is 16.2. The standard InChI is InChI=1S/C16H12BrNO4S/c1-20-16(19)10-4-5-13(12(17)7-10)22-8-11-9-23-15(18-11)14-3-2-6-21-14/h2-7,9H,8H2,1H3. The van der Waals surface area contributed by atoms with Gasteiger partial charge in [-0.15, -0.1) is 11.3 Å². The second kappa shape index (κ2) is 6.97. The number of esters is 1. The van der Waals surface area contributed by atoms with Crippen LogP contribution in [0.4, 0.5) is 0 Å². The maximum atomic E-state index is 11.5. The van der Waals surface area contributed by atoms with Crippen LogP contribution < -0.4 is 4.74 Å². The van der Waals surface area contributed by atoms with E-state index in [2.05, 4.69) is 25.7 Å². The van der Waals surface area contributed by atoms with Gasteiger partial charge in [-0.25, -0.2) is 9.78 Å². The fourth-order valence-corrected chi connectivity index (χ4v) is 3.17. The second-order valence-corrected chi connectivity index (χ2v) is 6.26. The van der Waals surface area contributed by atoms with Crippen LogP contribution in [0.5, 0.6) is 5.75 Å². The molecule has 0 fully saturated rings. The summed E-state index contributed by atoms with van der Waals surface area (Å²) >= 11 is 4.89. The third-order valence-corrected chi connectivity index (χ3v) is 4.54. The number of carbonyl (C=O) groups is 1. The number of rotatable bonds is 5. The highest BCUT2D eigenvalue weighted by Gasteiger charge is 2.11. The van der Waals surface area contributed by atoms with Crippen molar-refractivity contribution in [3.8, 4) is 16.5 Å². The molecule has 0 aliphatic rings. The van der Waals surface area contributed by atoms with Crippen molar-refractivity contribution >= 4 is 33.2 Å². The van der Waals surface area contributed by atoms with Crippen molar-refractivity contribution in [3.05, 3.63) is 57.7 Å². The van der Waals surface area contributed by atoms with Crippen molar-refractivity contribution in [2.45, 2.75) is 6.61 Å². The van der Waals surface area contributed by atoms with Gasteiger partial charge in [0.15, 0.2) is 10.8 Å². The summed E-state index contributed by atoms with van der Waals surface area (Å²) in [5, 5.41) is 2.74. The average Bonchev–Trinajstić information content (AvgIpc) is 3.24. The lowest BCUT2D eigenvalue weighted by atomic mass is 10.2. The predicted octanol–water partition coefficient (Wildman–Crippen LogP) is 4.53. The Morgan fingerprint density at radius 3 is 2.96 bits per heavy atom. The number of methoxy groups -OCH3 is 1. The molecular formula is C16H12BrNO4S. The van der Waals surface area contributed by atoms with E-state index in [9.17, 15) is 4.79 Å². The molecule has 0 bridgehead atoms. The minimum absolute atomic E-state index is 0.327. The van der Waals surface area contributed by atoms with Gasteiger partial charge in [0.2, 0.25) is 0 Å². The third kappa shape index (κ3) is 3.62. The second-order valence-electron chi connectivity index (χ2n) is 4.55. The maximum absolute atomic E-state index is 11.5. The van der Waals surface area contributed by atoms with E-state index in [1.54, 1.807) is 24.5 Å². The molecule has 5 nitrogen and oxygen atoms in total. The quantitative estimate of drug-likeness (QED) is 0.595. The molecule has 0 N–H and O–H groups in total. The van der Waals surface area contributed by atoms with Crippen LogP contribution in [0, 0.1) is 0 Å². The SMILES string of the molecule is COC(=O)c1ccc(OCc2csc(-c3ccco3)n2)c(Br)c1. The van der Waals surface area contributed by atoms with E-state index in [-0.39, 0.29) is 5.97 Å². The Morgan fingerprint density at radius 1 is 1.39 bits per heavy atom. The van der Waals surface area contributed by atoms with Crippen molar-refractivity contribution in [2.24, 2.45) is 0 Å². The average molecular weight is 394 g/mol. The minimum atomic E-state index is -0.389. The van der Waals surface area contributed by atoms with Crippen LogP contribution in [0.1, 0.15) is 16.1 Å². The first-order valence-corrected chi connectivity index (χ1v) is 8.33. The molecule has 0 aliphatic carbocycles. The Bertz CT molecular complexity index is 813. The normalized spacial score (nSPS) is 10.5. The lowest BCUT2D eigenvalue weighted by Crippen LogP contribution is -2.02. The number of ether oxygens (including phenoxy) is 2. The summed E-state index contributed by atoms with van der Waals surface area (Å²) in [7, 11) is 1.35. The number of thiazole rings is 1. The van der Waals surface area contributed by atoms with Crippen LogP contribution in [0.2, 0.25) is 0 Å². The fraction of sp³-hybridized carbons (Fsp3) is 0.125. The molecule has 3 rings (SSSR count). The van der Waals surface area contributed by atoms with Gasteiger partial charge in [-0.2, -0.15) is 0 Å². The topological polar surface area (TPSA) is 61.6 Å². The van der Waals surface area contributed by atoms with Crippen LogP contribution >= 0.6 is 27.3 Å². The monoisotopic (exact) mass is 393 g/mol. The van der Waals surface area contributed by atoms with E-state index in [0.717, 1.165) is 16.5 Å². The van der Waals surface area contributed by atoms with Gasteiger partial charge in [0.05, 0.1) is 29.1 Å². The summed E-state index contributed by atoms with van der Waals surface area (Å²) in [6.07, 6.45) is 1.62. The first kappa shape index (κ1) is 15.8. The molecule has 118 valence electrons. The zero-order valence-electron chi connectivity index (χ0n) is 12.1. The smallest absolute Gasteiger partial charge is 0.337 e. The van der Waals surface area contributed by atoms with Crippen molar-refractivity contribution in [3.63, 3.8) is 0 Å². The van der Waals surface area contributed by atoms with Gasteiger partial charge < -0.3 is 13.9 Å². The number of benzene rings is 1. The molecule has 0 aliphatic heterocycles. The molecule has 0 spiro atoms. The van der Waals surface area contributed by atoms with E-state index >= 15 is 0 Å². The molecule has 7 heteroatoms. The molecule has 0 radical (unpaired) electrons. The van der Waals surface area contributed by atoms with Gasteiger partial charge in [-0.05, 0) is 46.3 Å². The summed E-state index contributed by atoms with van der Waals surface area (Å²) in [5.41, 5.74) is 1.27. The first-order chi connectivity index (χ1) is 11.2. The van der Waals surface area contributed by atoms with Gasteiger partial charge in [0, 0.05) is 5.38 Å². The Kier molecular flexibility index (Phi) is 4.78. The Balaban J connectivity index is 1.68. The van der Waals surface area contributed by atoms with Crippen LogP contribution in [-0.2, 0) is 11.3 Å². The van der Waals surface area contributed by atoms with E-state index in [1.165, 1.54) is 18.4 Å². The highest BCUT2D eigenvalue weighted by molar-refractivity contribution is 9.10. The molecule has 3 aromatic rings. The molecular weight excluding hydrogens is 382 g/mol. The predicted molar refractivity (Wildman–Crippen MR) is 89.6 cm³/mol. The van der Waals surface area contributed by atoms with Crippen molar-refractivity contribution < 1.29 is 18.7 Å². The maximum Gasteiger partial charge on any atom is 0.337 e. The fourth-order valence-electron chi connectivity index (χ4n) is 1.90. The highest BCUT2D eigenvalue weighted by Crippen LogP contribution is 2.28. The Morgan fingerprint density at radius 2 is 2.26 bits per heavy atom. The van der Waals surface area contributed by atoms with E-state index in [4.69, 9.17) is 9.15 Å². The minimum Gasteiger partial charge on any atom is -0.486 e. The lowest BCUT2D eigenvalue weighted by Gasteiger charge is -2.08. The molecule has 23 heavy (non-hydrogen) atoms. The lowest BCUT2D eigenvalue weighted by molar-refractivity contribution is 0.0600. The van der Waals surface area contributed by atoms with E-state index in [1.807, 2.05) is 17.5 Å².